The maximum Gasteiger partial charge on any atom is 0.318 e. The molecule has 2 aliphatic rings. The Hall–Kier alpha value is -1.10. The van der Waals surface area contributed by atoms with Crippen molar-refractivity contribution in [2.45, 2.75) is 31.7 Å². The van der Waals surface area contributed by atoms with Crippen molar-refractivity contribution in [1.29, 1.82) is 0 Å². The Balaban J connectivity index is 2.02. The third kappa shape index (κ3) is 2.60. The van der Waals surface area contributed by atoms with Gasteiger partial charge in [-0.25, -0.2) is 0 Å². The number of hydrogen-bond acceptors (Lipinski definition) is 4. The number of esters is 1. The number of methoxy groups -OCH3 is 1. The molecule has 96 valence electrons. The lowest BCUT2D eigenvalue weighted by Crippen LogP contribution is -2.52. The average Bonchev–Trinajstić information content (AvgIpc) is 2.39. The second kappa shape index (κ2) is 5.49. The first-order valence-electron chi connectivity index (χ1n) is 6.33. The topological polar surface area (TPSA) is 58.6 Å². The third-order valence-corrected chi connectivity index (χ3v) is 3.71. The molecule has 0 bridgehead atoms. The van der Waals surface area contributed by atoms with Crippen LogP contribution in [0.1, 0.15) is 25.7 Å². The van der Waals surface area contributed by atoms with E-state index in [2.05, 4.69) is 5.32 Å². The van der Waals surface area contributed by atoms with E-state index in [4.69, 9.17) is 4.74 Å². The van der Waals surface area contributed by atoms with Crippen LogP contribution in [-0.2, 0) is 14.3 Å². The van der Waals surface area contributed by atoms with Gasteiger partial charge in [-0.1, -0.05) is 0 Å². The Morgan fingerprint density at radius 2 is 2.06 bits per heavy atom. The maximum atomic E-state index is 12.2. The molecule has 0 aromatic carbocycles. The van der Waals surface area contributed by atoms with Crippen LogP contribution in [0.15, 0.2) is 0 Å². The van der Waals surface area contributed by atoms with E-state index in [1.54, 1.807) is 0 Å². The fourth-order valence-electron chi connectivity index (χ4n) is 2.74. The van der Waals surface area contributed by atoms with Crippen molar-refractivity contribution in [3.8, 4) is 0 Å². The Kier molecular flexibility index (Phi) is 3.99. The molecular weight excluding hydrogens is 220 g/mol. The van der Waals surface area contributed by atoms with Gasteiger partial charge < -0.3 is 15.0 Å². The highest BCUT2D eigenvalue weighted by molar-refractivity contribution is 5.98. The summed E-state index contributed by atoms with van der Waals surface area (Å²) in [4.78, 5) is 25.6. The zero-order valence-corrected chi connectivity index (χ0v) is 10.3. The summed E-state index contributed by atoms with van der Waals surface area (Å²) in [6.45, 7) is 2.70. The minimum absolute atomic E-state index is 0.0324. The number of carbonyl (C=O) groups excluding carboxylic acids is 2. The Bertz CT molecular complexity index is 300. The van der Waals surface area contributed by atoms with Gasteiger partial charge >= 0.3 is 5.97 Å². The van der Waals surface area contributed by atoms with E-state index in [-0.39, 0.29) is 11.9 Å². The molecular formula is C12H20N2O3. The molecule has 2 heterocycles. The van der Waals surface area contributed by atoms with Gasteiger partial charge in [0.1, 0.15) is 5.92 Å². The number of nitrogens with zero attached hydrogens (tertiary/aromatic N) is 1. The molecule has 2 saturated heterocycles. The van der Waals surface area contributed by atoms with E-state index in [1.807, 2.05) is 4.90 Å². The van der Waals surface area contributed by atoms with Crippen molar-refractivity contribution in [3.63, 3.8) is 0 Å². The first kappa shape index (κ1) is 12.4. The monoisotopic (exact) mass is 240 g/mol. The number of nitrogens with one attached hydrogen (secondary N) is 1. The van der Waals surface area contributed by atoms with Crippen LogP contribution >= 0.6 is 0 Å². The van der Waals surface area contributed by atoms with Crippen LogP contribution in [0.2, 0.25) is 0 Å². The fourth-order valence-corrected chi connectivity index (χ4v) is 2.74. The van der Waals surface area contributed by atoms with Gasteiger partial charge in [-0.15, -0.1) is 0 Å². The molecule has 0 radical (unpaired) electrons. The molecule has 1 unspecified atom stereocenters. The van der Waals surface area contributed by atoms with Gasteiger partial charge in [-0.05, 0) is 38.8 Å². The summed E-state index contributed by atoms with van der Waals surface area (Å²) in [5.74, 6) is -0.979. The molecule has 0 aliphatic carbocycles. The largest absolute Gasteiger partial charge is 0.468 e. The van der Waals surface area contributed by atoms with Crippen molar-refractivity contribution in [2.24, 2.45) is 5.92 Å². The number of ether oxygens (including phenoxy) is 1. The zero-order chi connectivity index (χ0) is 12.3. The van der Waals surface area contributed by atoms with Gasteiger partial charge in [0.25, 0.3) is 0 Å². The number of likely N-dealkylation sites (tertiary alicyclic amines) is 1. The quantitative estimate of drug-likeness (QED) is 0.551. The van der Waals surface area contributed by atoms with Crippen LogP contribution < -0.4 is 5.32 Å². The number of rotatable bonds is 2. The molecule has 0 aromatic rings. The predicted octanol–water partition coefficient (Wildman–Crippen LogP) is 0.150. The van der Waals surface area contributed by atoms with E-state index >= 15 is 0 Å². The molecule has 1 N–H and O–H groups in total. The molecule has 0 aromatic heterocycles. The second-order valence-corrected chi connectivity index (χ2v) is 4.73. The summed E-state index contributed by atoms with van der Waals surface area (Å²) in [6.07, 6.45) is 3.50. The van der Waals surface area contributed by atoms with Crippen molar-refractivity contribution in [2.75, 3.05) is 26.7 Å². The van der Waals surface area contributed by atoms with Gasteiger partial charge in [0, 0.05) is 12.6 Å². The summed E-state index contributed by atoms with van der Waals surface area (Å²) in [5, 5.41) is 3.28. The van der Waals surface area contributed by atoms with E-state index in [0.717, 1.165) is 38.9 Å². The Morgan fingerprint density at radius 1 is 1.35 bits per heavy atom. The van der Waals surface area contributed by atoms with Crippen molar-refractivity contribution >= 4 is 11.9 Å². The standard InChI is InChI=1S/C12H20N2O3/c1-17-12(16)10-3-2-8-14(11(10)15)9-4-6-13-7-5-9/h9-10,13H,2-8H2,1H3. The van der Waals surface area contributed by atoms with Crippen LogP contribution in [0.3, 0.4) is 0 Å². The molecule has 2 fully saturated rings. The van der Waals surface area contributed by atoms with E-state index in [9.17, 15) is 9.59 Å². The lowest BCUT2D eigenvalue weighted by Gasteiger charge is -2.39. The van der Waals surface area contributed by atoms with Crippen LogP contribution in [0.25, 0.3) is 0 Å². The van der Waals surface area contributed by atoms with E-state index in [0.29, 0.717) is 12.5 Å². The fraction of sp³-hybridized carbons (Fsp3) is 0.833. The highest BCUT2D eigenvalue weighted by atomic mass is 16.5. The van der Waals surface area contributed by atoms with Crippen LogP contribution in [0, 0.1) is 5.92 Å². The number of hydrogen-bond donors (Lipinski definition) is 1. The van der Waals surface area contributed by atoms with Crippen molar-refractivity contribution in [1.82, 2.24) is 10.2 Å². The lowest BCUT2D eigenvalue weighted by atomic mass is 9.93. The Labute approximate surface area is 101 Å². The molecule has 1 amide bonds. The smallest absolute Gasteiger partial charge is 0.318 e. The molecule has 0 spiro atoms. The minimum Gasteiger partial charge on any atom is -0.468 e. The molecule has 2 rings (SSSR count). The van der Waals surface area contributed by atoms with Gasteiger partial charge in [-0.3, -0.25) is 9.59 Å². The van der Waals surface area contributed by atoms with E-state index < -0.39 is 5.92 Å². The van der Waals surface area contributed by atoms with Crippen LogP contribution in [-0.4, -0.2) is 49.6 Å². The number of carbonyl (C=O) groups is 2. The average molecular weight is 240 g/mol. The molecule has 5 heteroatoms. The molecule has 17 heavy (non-hydrogen) atoms. The first-order chi connectivity index (χ1) is 8.24. The van der Waals surface area contributed by atoms with Crippen LogP contribution in [0.5, 0.6) is 0 Å². The summed E-state index contributed by atoms with van der Waals surface area (Å²) in [6, 6.07) is 0.302. The summed E-state index contributed by atoms with van der Waals surface area (Å²) < 4.78 is 4.70. The summed E-state index contributed by atoms with van der Waals surface area (Å²) in [7, 11) is 1.35. The molecule has 2 aliphatic heterocycles. The summed E-state index contributed by atoms with van der Waals surface area (Å²) >= 11 is 0. The SMILES string of the molecule is COC(=O)C1CCCN(C2CCNCC2)C1=O. The van der Waals surface area contributed by atoms with Gasteiger partial charge in [0.15, 0.2) is 0 Å². The maximum absolute atomic E-state index is 12.2. The van der Waals surface area contributed by atoms with Gasteiger partial charge in [0.2, 0.25) is 5.91 Å². The van der Waals surface area contributed by atoms with E-state index in [1.165, 1.54) is 7.11 Å². The molecule has 5 nitrogen and oxygen atoms in total. The number of piperidine rings is 2. The molecule has 0 saturated carbocycles. The van der Waals surface area contributed by atoms with Gasteiger partial charge in [0.05, 0.1) is 7.11 Å². The minimum atomic E-state index is -0.566. The van der Waals surface area contributed by atoms with Gasteiger partial charge in [-0.2, -0.15) is 0 Å². The third-order valence-electron chi connectivity index (χ3n) is 3.71. The number of amides is 1. The van der Waals surface area contributed by atoms with Crippen LogP contribution in [0.4, 0.5) is 0 Å². The summed E-state index contributed by atoms with van der Waals surface area (Å²) in [5.41, 5.74) is 0. The molecule has 1 atom stereocenters. The predicted molar refractivity (Wildman–Crippen MR) is 62.3 cm³/mol. The normalized spacial score (nSPS) is 27.0. The Morgan fingerprint density at radius 3 is 2.71 bits per heavy atom. The van der Waals surface area contributed by atoms with Crippen molar-refractivity contribution in [3.05, 3.63) is 0 Å². The van der Waals surface area contributed by atoms with Crippen molar-refractivity contribution < 1.29 is 14.3 Å². The highest BCUT2D eigenvalue weighted by Crippen LogP contribution is 2.24. The lowest BCUT2D eigenvalue weighted by molar-refractivity contribution is -0.157. The zero-order valence-electron chi connectivity index (χ0n) is 10.3. The first-order valence-corrected chi connectivity index (χ1v) is 6.33. The second-order valence-electron chi connectivity index (χ2n) is 4.73. The highest BCUT2D eigenvalue weighted by Gasteiger charge is 2.37.